The molecular formula is C30H37N3O2. The third kappa shape index (κ3) is 6.92. The first-order chi connectivity index (χ1) is 17.0. The summed E-state index contributed by atoms with van der Waals surface area (Å²) in [5.74, 6) is 1.45. The fraction of sp³-hybridized carbons (Fsp3) is 0.400. The topological polar surface area (TPSA) is 45.7 Å². The summed E-state index contributed by atoms with van der Waals surface area (Å²) in [4.78, 5) is 21.9. The van der Waals surface area contributed by atoms with Gasteiger partial charge in [-0.25, -0.2) is 0 Å². The summed E-state index contributed by atoms with van der Waals surface area (Å²) in [7, 11) is 2.22. The van der Waals surface area contributed by atoms with Crippen LogP contribution in [0.25, 0.3) is 0 Å². The molecule has 4 rings (SSSR count). The van der Waals surface area contributed by atoms with Crippen LogP contribution in [0.1, 0.15) is 48.2 Å². The van der Waals surface area contributed by atoms with E-state index in [-0.39, 0.29) is 12.0 Å². The molecule has 1 atom stereocenters. The van der Waals surface area contributed by atoms with E-state index < -0.39 is 0 Å². The molecule has 2 heterocycles. The van der Waals surface area contributed by atoms with Crippen molar-refractivity contribution in [2.24, 2.45) is 5.92 Å². The summed E-state index contributed by atoms with van der Waals surface area (Å²) in [5, 5.41) is 0. The van der Waals surface area contributed by atoms with Crippen LogP contribution in [0.2, 0.25) is 0 Å². The van der Waals surface area contributed by atoms with Gasteiger partial charge in [-0.3, -0.25) is 14.7 Å². The van der Waals surface area contributed by atoms with Gasteiger partial charge in [0.25, 0.3) is 5.91 Å². The van der Waals surface area contributed by atoms with Crippen molar-refractivity contribution in [3.05, 3.63) is 95.8 Å². The number of carbonyl (C=O) groups excluding carboxylic acids is 1. The average molecular weight is 472 g/mol. The van der Waals surface area contributed by atoms with E-state index in [4.69, 9.17) is 4.74 Å². The highest BCUT2D eigenvalue weighted by Gasteiger charge is 2.31. The Balaban J connectivity index is 1.41. The third-order valence-electron chi connectivity index (χ3n) is 6.85. The van der Waals surface area contributed by atoms with E-state index in [1.807, 2.05) is 61.5 Å². The summed E-state index contributed by atoms with van der Waals surface area (Å²) in [6.07, 6.45) is 6.92. The van der Waals surface area contributed by atoms with Crippen LogP contribution in [0.5, 0.6) is 5.75 Å². The predicted molar refractivity (Wildman–Crippen MR) is 140 cm³/mol. The molecule has 1 aliphatic rings. The molecule has 1 unspecified atom stereocenters. The Morgan fingerprint density at radius 1 is 1.00 bits per heavy atom. The molecule has 3 aromatic rings. The van der Waals surface area contributed by atoms with E-state index in [1.54, 1.807) is 0 Å². The van der Waals surface area contributed by atoms with Gasteiger partial charge in [0.05, 0.1) is 6.10 Å². The second kappa shape index (κ2) is 12.0. The van der Waals surface area contributed by atoms with E-state index in [2.05, 4.69) is 53.3 Å². The lowest BCUT2D eigenvalue weighted by molar-refractivity contribution is 0.0603. The molecule has 0 bridgehead atoms. The van der Waals surface area contributed by atoms with Gasteiger partial charge in [0.1, 0.15) is 5.75 Å². The molecule has 184 valence electrons. The third-order valence-corrected chi connectivity index (χ3v) is 6.85. The number of pyridine rings is 1. The molecule has 1 aromatic heterocycles. The zero-order chi connectivity index (χ0) is 24.6. The minimum absolute atomic E-state index is 0.114. The molecule has 0 aliphatic carbocycles. The van der Waals surface area contributed by atoms with Gasteiger partial charge in [0.2, 0.25) is 0 Å². The zero-order valence-electron chi connectivity index (χ0n) is 21.1. The molecule has 1 amide bonds. The lowest BCUT2D eigenvalue weighted by Gasteiger charge is -2.40. The number of carbonyl (C=O) groups is 1. The Morgan fingerprint density at radius 3 is 2.31 bits per heavy atom. The second-order valence-electron chi connectivity index (χ2n) is 9.85. The smallest absolute Gasteiger partial charge is 0.253 e. The average Bonchev–Trinajstić information content (AvgIpc) is 2.88. The van der Waals surface area contributed by atoms with Gasteiger partial charge in [0.15, 0.2) is 0 Å². The maximum Gasteiger partial charge on any atom is 0.253 e. The van der Waals surface area contributed by atoms with Gasteiger partial charge in [-0.05, 0) is 87.5 Å². The number of ether oxygens (including phenoxy) is 1. The molecular weight excluding hydrogens is 434 g/mol. The summed E-state index contributed by atoms with van der Waals surface area (Å²) >= 11 is 0. The number of likely N-dealkylation sites (N-methyl/N-ethyl adjacent to an activating group) is 1. The molecule has 0 N–H and O–H groups in total. The van der Waals surface area contributed by atoms with Crippen molar-refractivity contribution in [2.75, 3.05) is 20.1 Å². The maximum absolute atomic E-state index is 13.1. The first-order valence-corrected chi connectivity index (χ1v) is 12.7. The van der Waals surface area contributed by atoms with E-state index >= 15 is 0 Å². The monoisotopic (exact) mass is 471 g/mol. The highest BCUT2D eigenvalue weighted by Crippen LogP contribution is 2.28. The summed E-state index contributed by atoms with van der Waals surface area (Å²) < 4.78 is 5.72. The SMILES string of the molecule is CC(C)Oc1ccc(C(=O)N2CCC(C(Cc3ccccc3)N(C)Cc3cccnc3)CC2)cc1. The molecule has 5 nitrogen and oxygen atoms in total. The van der Waals surface area contributed by atoms with Gasteiger partial charge in [0, 0.05) is 43.6 Å². The van der Waals surface area contributed by atoms with Gasteiger partial charge in [-0.15, -0.1) is 0 Å². The van der Waals surface area contributed by atoms with Crippen LogP contribution in [0.4, 0.5) is 0 Å². The fourth-order valence-corrected chi connectivity index (χ4v) is 5.05. The van der Waals surface area contributed by atoms with Gasteiger partial charge < -0.3 is 9.64 Å². The number of rotatable bonds is 9. The van der Waals surface area contributed by atoms with Crippen LogP contribution < -0.4 is 4.74 Å². The fourth-order valence-electron chi connectivity index (χ4n) is 5.05. The van der Waals surface area contributed by atoms with Crippen molar-refractivity contribution >= 4 is 5.91 Å². The van der Waals surface area contributed by atoms with E-state index in [9.17, 15) is 4.79 Å². The number of aromatic nitrogens is 1. The van der Waals surface area contributed by atoms with Crippen LogP contribution in [-0.4, -0.2) is 53.0 Å². The van der Waals surface area contributed by atoms with Crippen LogP contribution in [0.15, 0.2) is 79.1 Å². The zero-order valence-corrected chi connectivity index (χ0v) is 21.1. The number of hydrogen-bond acceptors (Lipinski definition) is 4. The molecule has 35 heavy (non-hydrogen) atoms. The highest BCUT2D eigenvalue weighted by molar-refractivity contribution is 5.94. The van der Waals surface area contributed by atoms with Crippen molar-refractivity contribution < 1.29 is 9.53 Å². The summed E-state index contributed by atoms with van der Waals surface area (Å²) in [5.41, 5.74) is 3.32. The van der Waals surface area contributed by atoms with Gasteiger partial charge in [-0.2, -0.15) is 0 Å². The Hall–Kier alpha value is -3.18. The second-order valence-corrected chi connectivity index (χ2v) is 9.85. The normalized spacial score (nSPS) is 15.4. The van der Waals surface area contributed by atoms with Crippen molar-refractivity contribution in [1.29, 1.82) is 0 Å². The Labute approximate surface area is 209 Å². The molecule has 0 radical (unpaired) electrons. The molecule has 2 aromatic carbocycles. The van der Waals surface area contributed by atoms with E-state index in [0.29, 0.717) is 12.0 Å². The molecule has 0 saturated carbocycles. The number of benzene rings is 2. The van der Waals surface area contributed by atoms with Crippen LogP contribution in [0.3, 0.4) is 0 Å². The van der Waals surface area contributed by atoms with Crippen LogP contribution in [-0.2, 0) is 13.0 Å². The van der Waals surface area contributed by atoms with Crippen molar-refractivity contribution in [1.82, 2.24) is 14.8 Å². The molecule has 1 fully saturated rings. The van der Waals surface area contributed by atoms with Crippen LogP contribution in [0, 0.1) is 5.92 Å². The molecule has 0 spiro atoms. The highest BCUT2D eigenvalue weighted by atomic mass is 16.5. The molecule has 5 heteroatoms. The largest absolute Gasteiger partial charge is 0.491 e. The Kier molecular flexibility index (Phi) is 8.54. The Morgan fingerprint density at radius 2 is 1.69 bits per heavy atom. The Bertz CT molecular complexity index is 1050. The minimum atomic E-state index is 0.114. The van der Waals surface area contributed by atoms with E-state index in [1.165, 1.54) is 11.1 Å². The number of piperidine rings is 1. The van der Waals surface area contributed by atoms with Crippen molar-refractivity contribution in [3.8, 4) is 5.75 Å². The lowest BCUT2D eigenvalue weighted by atomic mass is 9.84. The standard InChI is InChI=1S/C30H37N3O2/c1-23(2)35-28-13-11-27(12-14-28)30(34)33-18-15-26(16-19-33)29(20-24-8-5-4-6-9-24)32(3)22-25-10-7-17-31-21-25/h4-14,17,21,23,26,29H,15-16,18-20,22H2,1-3H3. The molecule has 1 saturated heterocycles. The first-order valence-electron chi connectivity index (χ1n) is 12.7. The van der Waals surface area contributed by atoms with Gasteiger partial charge in [-0.1, -0.05) is 36.4 Å². The number of nitrogens with zero attached hydrogens (tertiary/aromatic N) is 3. The van der Waals surface area contributed by atoms with Gasteiger partial charge >= 0.3 is 0 Å². The minimum Gasteiger partial charge on any atom is -0.491 e. The molecule has 1 aliphatic heterocycles. The van der Waals surface area contributed by atoms with Crippen LogP contribution >= 0.6 is 0 Å². The number of hydrogen-bond donors (Lipinski definition) is 0. The summed E-state index contributed by atoms with van der Waals surface area (Å²) in [6, 6.07) is 22.8. The van der Waals surface area contributed by atoms with Crippen molar-refractivity contribution in [3.63, 3.8) is 0 Å². The maximum atomic E-state index is 13.1. The number of likely N-dealkylation sites (tertiary alicyclic amines) is 1. The summed E-state index contributed by atoms with van der Waals surface area (Å²) in [6.45, 7) is 6.46. The predicted octanol–water partition coefficient (Wildman–Crippen LogP) is 5.46. The number of amides is 1. The van der Waals surface area contributed by atoms with Crippen molar-refractivity contribution in [2.45, 2.75) is 51.8 Å². The quantitative estimate of drug-likeness (QED) is 0.415. The first kappa shape index (κ1) is 24.9. The lowest BCUT2D eigenvalue weighted by Crippen LogP contribution is -2.46. The van der Waals surface area contributed by atoms with E-state index in [0.717, 1.165) is 50.2 Å².